The highest BCUT2D eigenvalue weighted by atomic mass is 16.2. The Hall–Kier alpha value is -1.28. The molecule has 3 N–H and O–H groups in total. The Morgan fingerprint density at radius 1 is 1.89 bits per heavy atom. The van der Waals surface area contributed by atoms with Crippen LogP contribution in [0.15, 0.2) is 6.08 Å². The fraction of sp³-hybridized carbons (Fsp3) is 0.400. The van der Waals surface area contributed by atoms with E-state index in [4.69, 9.17) is 5.73 Å². The second-order valence-corrected chi connectivity index (χ2v) is 1.58. The zero-order chi connectivity index (χ0) is 7.28. The summed E-state index contributed by atoms with van der Waals surface area (Å²) < 4.78 is 0. The Morgan fingerprint density at radius 3 is 2.78 bits per heavy atom. The summed E-state index contributed by atoms with van der Waals surface area (Å²) >= 11 is 0. The summed E-state index contributed by atoms with van der Waals surface area (Å²) in [5, 5.41) is 2.26. The normalized spacial score (nSPS) is 11.2. The first-order valence-electron chi connectivity index (χ1n) is 2.43. The van der Waals surface area contributed by atoms with Crippen molar-refractivity contribution in [2.45, 2.75) is 13.0 Å². The number of hydrogen-bond acceptors (Lipinski definition) is 2. The summed E-state index contributed by atoms with van der Waals surface area (Å²) in [4.78, 5) is 19.7. The highest BCUT2D eigenvalue weighted by molar-refractivity contribution is 5.72. The third-order valence-corrected chi connectivity index (χ3v) is 0.688. The third kappa shape index (κ3) is 4.58. The first kappa shape index (κ1) is 7.72. The minimum atomic E-state index is -0.644. The van der Waals surface area contributed by atoms with Crippen LogP contribution in [0.5, 0.6) is 0 Å². The van der Waals surface area contributed by atoms with E-state index < -0.39 is 6.03 Å². The Labute approximate surface area is 52.7 Å². The molecule has 2 amide bonds. The van der Waals surface area contributed by atoms with E-state index in [0.717, 1.165) is 0 Å². The molecule has 0 saturated carbocycles. The lowest BCUT2D eigenvalue weighted by atomic mass is 10.3. The molecule has 50 valence electrons. The van der Waals surface area contributed by atoms with Crippen molar-refractivity contribution in [3.8, 4) is 0 Å². The highest BCUT2D eigenvalue weighted by Gasteiger charge is 1.96. The largest absolute Gasteiger partial charge is 0.352 e. The van der Waals surface area contributed by atoms with Crippen LogP contribution in [0.4, 0.5) is 4.79 Å². The number of nitrogens with one attached hydrogen (secondary N) is 1. The Bertz CT molecular complexity index is 149. The van der Waals surface area contributed by atoms with E-state index in [9.17, 15) is 9.59 Å². The topological polar surface area (TPSA) is 72.2 Å². The van der Waals surface area contributed by atoms with Gasteiger partial charge in [-0.3, -0.25) is 0 Å². The van der Waals surface area contributed by atoms with Gasteiger partial charge < -0.3 is 11.1 Å². The van der Waals surface area contributed by atoms with Crippen molar-refractivity contribution in [2.24, 2.45) is 5.73 Å². The molecule has 0 aliphatic heterocycles. The molecule has 0 heterocycles. The third-order valence-electron chi connectivity index (χ3n) is 0.688. The van der Waals surface area contributed by atoms with E-state index >= 15 is 0 Å². The van der Waals surface area contributed by atoms with Gasteiger partial charge in [0.05, 0.1) is 6.04 Å². The zero-order valence-corrected chi connectivity index (χ0v) is 5.05. The molecular weight excluding hydrogens is 120 g/mol. The van der Waals surface area contributed by atoms with Gasteiger partial charge in [0.15, 0.2) is 0 Å². The Morgan fingerprint density at radius 2 is 2.44 bits per heavy atom. The lowest BCUT2D eigenvalue weighted by Gasteiger charge is -2.02. The second kappa shape index (κ2) is 3.69. The maximum absolute atomic E-state index is 10.0. The highest BCUT2D eigenvalue weighted by Crippen LogP contribution is 1.76. The van der Waals surface area contributed by atoms with E-state index in [1.54, 1.807) is 6.92 Å². The molecule has 1 unspecified atom stereocenters. The van der Waals surface area contributed by atoms with Crippen LogP contribution in [-0.4, -0.2) is 18.0 Å². The van der Waals surface area contributed by atoms with Gasteiger partial charge in [0.2, 0.25) is 0 Å². The molecule has 4 nitrogen and oxygen atoms in total. The molecule has 0 aromatic rings. The molecule has 4 heteroatoms. The predicted molar refractivity (Wildman–Crippen MR) is 32.4 cm³/mol. The summed E-state index contributed by atoms with van der Waals surface area (Å²) in [5.74, 6) is 1.53. The van der Waals surface area contributed by atoms with E-state index in [-0.39, 0.29) is 6.04 Å². The van der Waals surface area contributed by atoms with Crippen molar-refractivity contribution >= 4 is 12.0 Å². The van der Waals surface area contributed by atoms with E-state index in [0.29, 0.717) is 0 Å². The number of rotatable bonds is 2. The van der Waals surface area contributed by atoms with E-state index in [1.807, 2.05) is 0 Å². The fourth-order valence-corrected chi connectivity index (χ4v) is 0.368. The summed E-state index contributed by atoms with van der Waals surface area (Å²) in [7, 11) is 0. The van der Waals surface area contributed by atoms with Crippen molar-refractivity contribution in [2.75, 3.05) is 0 Å². The molecule has 0 spiro atoms. The number of primary amides is 1. The van der Waals surface area contributed by atoms with E-state index in [2.05, 4.69) is 5.32 Å². The van der Waals surface area contributed by atoms with Gasteiger partial charge in [0.25, 0.3) is 0 Å². The Balaban J connectivity index is 3.62. The molecular formula is C5H8N2O2. The van der Waals surface area contributed by atoms with Crippen molar-refractivity contribution in [1.29, 1.82) is 0 Å². The molecule has 0 radical (unpaired) electrons. The lowest BCUT2D eigenvalue weighted by molar-refractivity contribution is 0.247. The molecule has 0 bridgehead atoms. The molecule has 9 heavy (non-hydrogen) atoms. The van der Waals surface area contributed by atoms with Crippen molar-refractivity contribution in [1.82, 2.24) is 5.32 Å². The van der Waals surface area contributed by atoms with Gasteiger partial charge in [0.1, 0.15) is 5.94 Å². The van der Waals surface area contributed by atoms with Gasteiger partial charge in [-0.15, -0.1) is 0 Å². The number of urea groups is 1. The summed E-state index contributed by atoms with van der Waals surface area (Å²) in [6.07, 6.45) is 1.17. The first-order chi connectivity index (χ1) is 4.16. The minimum Gasteiger partial charge on any atom is -0.352 e. The Kier molecular flexibility index (Phi) is 3.16. The van der Waals surface area contributed by atoms with Crippen LogP contribution in [0, 0.1) is 0 Å². The summed E-state index contributed by atoms with van der Waals surface area (Å²) in [5.41, 5.74) is 4.72. The van der Waals surface area contributed by atoms with Crippen LogP contribution in [0.2, 0.25) is 0 Å². The quantitative estimate of drug-likeness (QED) is 0.489. The maximum atomic E-state index is 10.0. The van der Waals surface area contributed by atoms with Crippen molar-refractivity contribution in [3.63, 3.8) is 0 Å². The van der Waals surface area contributed by atoms with Gasteiger partial charge >= 0.3 is 6.03 Å². The van der Waals surface area contributed by atoms with Gasteiger partial charge in [-0.05, 0) is 6.92 Å². The summed E-state index contributed by atoms with van der Waals surface area (Å²) in [6, 6.07) is -0.978. The number of amides is 2. The number of nitrogens with two attached hydrogens (primary N) is 1. The van der Waals surface area contributed by atoms with Crippen LogP contribution >= 0.6 is 0 Å². The molecule has 0 rings (SSSR count). The standard InChI is InChI=1S/C5H8N2O2/c1-4(2-3-8)7-5(6)9/h2,4H,1H3,(H3,6,7,9). The molecule has 0 aliphatic carbocycles. The van der Waals surface area contributed by atoms with Gasteiger partial charge in [-0.25, -0.2) is 9.59 Å². The van der Waals surface area contributed by atoms with Crippen LogP contribution in [-0.2, 0) is 4.79 Å². The second-order valence-electron chi connectivity index (χ2n) is 1.58. The average molecular weight is 128 g/mol. The fourth-order valence-electron chi connectivity index (χ4n) is 0.368. The number of carbonyl (C=O) groups excluding carboxylic acids is 2. The van der Waals surface area contributed by atoms with Crippen LogP contribution < -0.4 is 11.1 Å². The van der Waals surface area contributed by atoms with Gasteiger partial charge in [-0.1, -0.05) is 0 Å². The molecule has 0 aliphatic rings. The molecule has 1 atom stereocenters. The number of hydrogen-bond donors (Lipinski definition) is 2. The SMILES string of the molecule is CC(C=C=O)NC(N)=O. The predicted octanol–water partition coefficient (Wildman–Crippen LogP) is -0.569. The molecule has 0 saturated heterocycles. The number of carbonyl (C=O) groups is 1. The lowest BCUT2D eigenvalue weighted by Crippen LogP contribution is -2.35. The van der Waals surface area contributed by atoms with E-state index in [1.165, 1.54) is 12.0 Å². The van der Waals surface area contributed by atoms with Crippen LogP contribution in [0.3, 0.4) is 0 Å². The monoisotopic (exact) mass is 128 g/mol. The van der Waals surface area contributed by atoms with Gasteiger partial charge in [0, 0.05) is 6.08 Å². The van der Waals surface area contributed by atoms with Gasteiger partial charge in [-0.2, -0.15) is 0 Å². The van der Waals surface area contributed by atoms with Crippen molar-refractivity contribution in [3.05, 3.63) is 6.08 Å². The average Bonchev–Trinajstić information content (AvgIpc) is 1.63. The zero-order valence-electron chi connectivity index (χ0n) is 5.05. The first-order valence-corrected chi connectivity index (χ1v) is 2.43. The molecule has 0 fully saturated rings. The smallest absolute Gasteiger partial charge is 0.312 e. The van der Waals surface area contributed by atoms with Crippen molar-refractivity contribution < 1.29 is 9.59 Å². The van der Waals surface area contributed by atoms with Crippen LogP contribution in [0.25, 0.3) is 0 Å². The maximum Gasteiger partial charge on any atom is 0.312 e. The van der Waals surface area contributed by atoms with Crippen LogP contribution in [0.1, 0.15) is 6.92 Å². The molecule has 0 aromatic carbocycles. The molecule has 0 aromatic heterocycles. The minimum absolute atomic E-state index is 0.333. The summed E-state index contributed by atoms with van der Waals surface area (Å²) in [6.45, 7) is 1.62.